The number of benzene rings is 2. The summed E-state index contributed by atoms with van der Waals surface area (Å²) >= 11 is 0. The van der Waals surface area contributed by atoms with Crippen LogP contribution in [0.5, 0.6) is 5.75 Å². The van der Waals surface area contributed by atoms with Crippen LogP contribution in [0, 0.1) is 0 Å². The quantitative estimate of drug-likeness (QED) is 0.474. The Bertz CT molecular complexity index is 1120. The van der Waals surface area contributed by atoms with Crippen molar-refractivity contribution >= 4 is 28.7 Å². The van der Waals surface area contributed by atoms with Gasteiger partial charge in [-0.05, 0) is 36.4 Å². The minimum Gasteiger partial charge on any atom is -0.492 e. The van der Waals surface area contributed by atoms with Crippen molar-refractivity contribution in [3.63, 3.8) is 0 Å². The van der Waals surface area contributed by atoms with E-state index in [2.05, 4.69) is 20.6 Å². The maximum Gasteiger partial charge on any atom is 0.270 e. The molecule has 2 aromatic carbocycles. The van der Waals surface area contributed by atoms with E-state index in [0.29, 0.717) is 30.6 Å². The van der Waals surface area contributed by atoms with E-state index < -0.39 is 0 Å². The summed E-state index contributed by atoms with van der Waals surface area (Å²) in [6, 6.07) is 22.6. The number of fused-ring (bicyclic) bond motifs is 1. The van der Waals surface area contributed by atoms with E-state index in [4.69, 9.17) is 4.74 Å². The molecule has 0 saturated carbocycles. The van der Waals surface area contributed by atoms with E-state index >= 15 is 0 Å². The molecule has 0 spiro atoms. The number of carbonyl (C=O) groups excluding carboxylic acids is 1. The van der Waals surface area contributed by atoms with E-state index in [-0.39, 0.29) is 5.91 Å². The van der Waals surface area contributed by atoms with Gasteiger partial charge >= 0.3 is 0 Å². The first-order valence-corrected chi connectivity index (χ1v) is 9.32. The van der Waals surface area contributed by atoms with Gasteiger partial charge in [0.1, 0.15) is 23.9 Å². The van der Waals surface area contributed by atoms with Crippen molar-refractivity contribution in [2.24, 2.45) is 7.05 Å². The molecule has 0 aliphatic rings. The van der Waals surface area contributed by atoms with E-state index in [0.717, 1.165) is 16.8 Å². The summed E-state index contributed by atoms with van der Waals surface area (Å²) in [7, 11) is 1.93. The molecule has 0 bridgehead atoms. The Morgan fingerprint density at radius 3 is 2.59 bits per heavy atom. The van der Waals surface area contributed by atoms with Gasteiger partial charge in [0.05, 0.1) is 17.6 Å². The minimum atomic E-state index is -0.254. The number of rotatable bonds is 7. The monoisotopic (exact) mass is 387 g/mol. The van der Waals surface area contributed by atoms with Gasteiger partial charge in [-0.25, -0.2) is 9.97 Å². The van der Waals surface area contributed by atoms with Gasteiger partial charge in [0, 0.05) is 7.05 Å². The highest BCUT2D eigenvalue weighted by molar-refractivity contribution is 5.92. The first-order chi connectivity index (χ1) is 14.2. The molecule has 0 unspecified atom stereocenters. The van der Waals surface area contributed by atoms with Crippen LogP contribution in [0.15, 0.2) is 72.8 Å². The van der Waals surface area contributed by atoms with Gasteiger partial charge in [0.25, 0.3) is 5.91 Å². The molecule has 2 heterocycles. The van der Waals surface area contributed by atoms with Gasteiger partial charge in [-0.2, -0.15) is 0 Å². The molecule has 29 heavy (non-hydrogen) atoms. The van der Waals surface area contributed by atoms with Crippen molar-refractivity contribution in [1.82, 2.24) is 19.9 Å². The second-order valence-electron chi connectivity index (χ2n) is 6.43. The lowest BCUT2D eigenvalue weighted by Gasteiger charge is -2.09. The molecule has 7 heteroatoms. The average Bonchev–Trinajstić information content (AvgIpc) is 3.07. The molecule has 1 amide bonds. The molecular weight excluding hydrogens is 366 g/mol. The zero-order chi connectivity index (χ0) is 20.1. The largest absolute Gasteiger partial charge is 0.492 e. The lowest BCUT2D eigenvalue weighted by atomic mass is 10.3. The van der Waals surface area contributed by atoms with Crippen molar-refractivity contribution in [3.05, 3.63) is 78.5 Å². The van der Waals surface area contributed by atoms with Crippen molar-refractivity contribution in [2.45, 2.75) is 0 Å². The molecule has 4 aromatic rings. The lowest BCUT2D eigenvalue weighted by molar-refractivity contribution is 0.0942. The number of aromatic nitrogens is 3. The highest BCUT2D eigenvalue weighted by Gasteiger charge is 2.11. The number of anilines is 2. The van der Waals surface area contributed by atoms with Crippen LogP contribution >= 0.6 is 0 Å². The summed E-state index contributed by atoms with van der Waals surface area (Å²) in [5.74, 6) is 1.73. The number of nitrogens with one attached hydrogen (secondary N) is 2. The molecule has 0 radical (unpaired) electrons. The Morgan fingerprint density at radius 1 is 0.966 bits per heavy atom. The first-order valence-electron chi connectivity index (χ1n) is 9.32. The second-order valence-corrected chi connectivity index (χ2v) is 6.43. The normalized spacial score (nSPS) is 10.7. The van der Waals surface area contributed by atoms with Crippen molar-refractivity contribution < 1.29 is 9.53 Å². The highest BCUT2D eigenvalue weighted by atomic mass is 16.5. The zero-order valence-corrected chi connectivity index (χ0v) is 16.0. The Kier molecular flexibility index (Phi) is 5.38. The summed E-state index contributed by atoms with van der Waals surface area (Å²) in [5.41, 5.74) is 2.24. The van der Waals surface area contributed by atoms with Crippen LogP contribution in [0.4, 0.5) is 11.8 Å². The van der Waals surface area contributed by atoms with Crippen LogP contribution in [0.25, 0.3) is 11.0 Å². The Labute approximate surface area is 168 Å². The smallest absolute Gasteiger partial charge is 0.270 e. The summed E-state index contributed by atoms with van der Waals surface area (Å²) in [6.45, 7) is 0.769. The third-order valence-corrected chi connectivity index (χ3v) is 4.41. The first kappa shape index (κ1) is 18.5. The van der Waals surface area contributed by atoms with Crippen LogP contribution in [-0.4, -0.2) is 33.6 Å². The number of hydrogen-bond donors (Lipinski definition) is 2. The van der Waals surface area contributed by atoms with E-state index in [1.54, 1.807) is 18.2 Å². The maximum absolute atomic E-state index is 12.4. The maximum atomic E-state index is 12.4. The van der Waals surface area contributed by atoms with E-state index in [1.807, 2.05) is 66.2 Å². The molecule has 0 saturated heterocycles. The number of pyridine rings is 1. The van der Waals surface area contributed by atoms with Crippen molar-refractivity contribution in [2.75, 3.05) is 18.5 Å². The summed E-state index contributed by atoms with van der Waals surface area (Å²) in [6.07, 6.45) is 0. The fraction of sp³-hybridized carbons (Fsp3) is 0.136. The zero-order valence-electron chi connectivity index (χ0n) is 16.0. The fourth-order valence-electron chi connectivity index (χ4n) is 2.94. The summed E-state index contributed by atoms with van der Waals surface area (Å²) in [5, 5.41) is 6.00. The number of para-hydroxylation sites is 3. The molecule has 0 aliphatic carbocycles. The summed E-state index contributed by atoms with van der Waals surface area (Å²) < 4.78 is 7.53. The molecule has 0 atom stereocenters. The third-order valence-electron chi connectivity index (χ3n) is 4.41. The lowest BCUT2D eigenvalue weighted by Crippen LogP contribution is -2.28. The predicted molar refractivity (Wildman–Crippen MR) is 113 cm³/mol. The average molecular weight is 387 g/mol. The van der Waals surface area contributed by atoms with Crippen LogP contribution in [0.2, 0.25) is 0 Å². The number of ether oxygens (including phenoxy) is 1. The molecule has 4 rings (SSSR count). The van der Waals surface area contributed by atoms with Gasteiger partial charge in [0.15, 0.2) is 0 Å². The minimum absolute atomic E-state index is 0.254. The van der Waals surface area contributed by atoms with Crippen LogP contribution in [0.1, 0.15) is 10.5 Å². The van der Waals surface area contributed by atoms with Gasteiger partial charge in [0.2, 0.25) is 5.95 Å². The molecule has 7 nitrogen and oxygen atoms in total. The number of carbonyl (C=O) groups is 1. The Balaban J connectivity index is 1.37. The van der Waals surface area contributed by atoms with Gasteiger partial charge in [-0.3, -0.25) is 4.79 Å². The fourth-order valence-corrected chi connectivity index (χ4v) is 2.94. The van der Waals surface area contributed by atoms with E-state index in [9.17, 15) is 4.79 Å². The number of imidazole rings is 1. The molecule has 2 N–H and O–H groups in total. The number of nitrogens with zero attached hydrogens (tertiary/aromatic N) is 3. The third kappa shape index (κ3) is 4.35. The number of amides is 1. The standard InChI is InChI=1S/C22H21N5O2/c1-27-19-12-6-5-10-17(19)25-22(27)26-20-13-7-11-18(24-20)21(28)23-14-15-29-16-8-3-2-4-9-16/h2-13H,14-15H2,1H3,(H,23,28)(H,24,25,26). The summed E-state index contributed by atoms with van der Waals surface area (Å²) in [4.78, 5) is 21.4. The SMILES string of the molecule is Cn1c(Nc2cccc(C(=O)NCCOc3ccccc3)n2)nc2ccccc21. The van der Waals surface area contributed by atoms with Gasteiger partial charge in [-0.1, -0.05) is 36.4 Å². The second kappa shape index (κ2) is 8.43. The predicted octanol–water partition coefficient (Wildman–Crippen LogP) is 3.52. The van der Waals surface area contributed by atoms with Gasteiger partial charge < -0.3 is 19.9 Å². The molecule has 2 aromatic heterocycles. The molecular formula is C22H21N5O2. The van der Waals surface area contributed by atoms with E-state index in [1.165, 1.54) is 0 Å². The Hall–Kier alpha value is -3.87. The molecule has 146 valence electrons. The highest BCUT2D eigenvalue weighted by Crippen LogP contribution is 2.20. The van der Waals surface area contributed by atoms with Crippen molar-refractivity contribution in [3.8, 4) is 5.75 Å². The van der Waals surface area contributed by atoms with Crippen molar-refractivity contribution in [1.29, 1.82) is 0 Å². The van der Waals surface area contributed by atoms with Crippen LogP contribution in [0.3, 0.4) is 0 Å². The molecule has 0 aliphatic heterocycles. The van der Waals surface area contributed by atoms with Crippen LogP contribution < -0.4 is 15.4 Å². The van der Waals surface area contributed by atoms with Gasteiger partial charge in [-0.15, -0.1) is 0 Å². The number of aryl methyl sites for hydroxylation is 1. The Morgan fingerprint density at radius 2 is 1.76 bits per heavy atom. The topological polar surface area (TPSA) is 81.1 Å². The number of hydrogen-bond acceptors (Lipinski definition) is 5. The van der Waals surface area contributed by atoms with Crippen LogP contribution in [-0.2, 0) is 7.05 Å². The molecule has 0 fully saturated rings.